The number of carbonyl (C=O) groups excluding carboxylic acids is 3. The molecule has 0 radical (unpaired) electrons. The van der Waals surface area contributed by atoms with E-state index in [-0.39, 0.29) is 18.2 Å². The molecule has 2 atom stereocenters. The van der Waals surface area contributed by atoms with Gasteiger partial charge in [-0.25, -0.2) is 4.79 Å². The Balaban J connectivity index is 1.73. The molecule has 148 valence electrons. The number of nitrogens with zero attached hydrogens (tertiary/aromatic N) is 2. The standard InChI is InChI=1S/C19H22N4O4S/c1-27-19(26)14(10-13-4-2-6-20-11-13)22-17(24)15-12-21-7-8-23(15)18(25)16-5-3-9-28-16/h2-6,9,11,14-15,21H,7-8,10,12H2,1H3,(H,22,24)/p+1/t14-,15+/m1/s1. The number of nitrogens with two attached hydrogens (primary N) is 1. The van der Waals surface area contributed by atoms with Gasteiger partial charge >= 0.3 is 5.97 Å². The number of ether oxygens (including phenoxy) is 1. The molecule has 2 amide bonds. The Labute approximate surface area is 166 Å². The lowest BCUT2D eigenvalue weighted by Gasteiger charge is -2.33. The molecule has 8 nitrogen and oxygen atoms in total. The number of esters is 1. The number of piperazine rings is 1. The number of rotatable bonds is 6. The Kier molecular flexibility index (Phi) is 6.72. The van der Waals surface area contributed by atoms with Gasteiger partial charge in [0.2, 0.25) is 5.91 Å². The topological polar surface area (TPSA) is 105 Å². The fourth-order valence-corrected chi connectivity index (χ4v) is 3.86. The number of methoxy groups -OCH3 is 1. The van der Waals surface area contributed by atoms with Gasteiger partial charge in [0.05, 0.1) is 25.1 Å². The number of carbonyl (C=O) groups is 3. The smallest absolute Gasteiger partial charge is 0.328 e. The molecule has 0 spiro atoms. The maximum atomic E-state index is 13.0. The van der Waals surface area contributed by atoms with Crippen LogP contribution in [0.5, 0.6) is 0 Å². The molecule has 0 bridgehead atoms. The normalized spacial score (nSPS) is 17.6. The highest BCUT2D eigenvalue weighted by Crippen LogP contribution is 2.15. The van der Waals surface area contributed by atoms with E-state index in [0.29, 0.717) is 18.0 Å². The van der Waals surface area contributed by atoms with Gasteiger partial charge in [-0.1, -0.05) is 12.1 Å². The van der Waals surface area contributed by atoms with Crippen molar-refractivity contribution < 1.29 is 24.4 Å². The van der Waals surface area contributed by atoms with Crippen LogP contribution in [0, 0.1) is 0 Å². The molecular weight excluding hydrogens is 380 g/mol. The van der Waals surface area contributed by atoms with E-state index >= 15 is 0 Å². The number of thiophene rings is 1. The highest BCUT2D eigenvalue weighted by molar-refractivity contribution is 7.12. The van der Waals surface area contributed by atoms with Crippen LogP contribution >= 0.6 is 11.3 Å². The van der Waals surface area contributed by atoms with Crippen LogP contribution in [0.4, 0.5) is 0 Å². The third-order valence-electron chi connectivity index (χ3n) is 4.60. The molecule has 9 heteroatoms. The summed E-state index contributed by atoms with van der Waals surface area (Å²) >= 11 is 1.35. The predicted octanol–water partition coefficient (Wildman–Crippen LogP) is -0.569. The maximum Gasteiger partial charge on any atom is 0.328 e. The quantitative estimate of drug-likeness (QED) is 0.629. The first kappa shape index (κ1) is 20.0. The van der Waals surface area contributed by atoms with Gasteiger partial charge in [-0.15, -0.1) is 11.3 Å². The molecule has 0 unspecified atom stereocenters. The fourth-order valence-electron chi connectivity index (χ4n) is 3.18. The predicted molar refractivity (Wildman–Crippen MR) is 103 cm³/mol. The van der Waals surface area contributed by atoms with Gasteiger partial charge < -0.3 is 20.3 Å². The number of pyridine rings is 1. The fraction of sp³-hybridized carbons (Fsp3) is 0.368. The van der Waals surface area contributed by atoms with Gasteiger partial charge in [-0.3, -0.25) is 14.6 Å². The molecule has 1 aliphatic rings. The molecular formula is C19H23N4O4S+. The molecule has 1 aliphatic heterocycles. The van der Waals surface area contributed by atoms with Crippen molar-refractivity contribution in [1.82, 2.24) is 15.2 Å². The van der Waals surface area contributed by atoms with Crippen molar-refractivity contribution in [3.8, 4) is 0 Å². The van der Waals surface area contributed by atoms with Gasteiger partial charge in [0.15, 0.2) is 6.04 Å². The zero-order valence-corrected chi connectivity index (χ0v) is 16.4. The van der Waals surface area contributed by atoms with Crippen LogP contribution in [0.15, 0.2) is 42.0 Å². The van der Waals surface area contributed by atoms with Crippen LogP contribution in [0.25, 0.3) is 0 Å². The van der Waals surface area contributed by atoms with E-state index in [1.165, 1.54) is 18.4 Å². The molecule has 3 heterocycles. The highest BCUT2D eigenvalue weighted by atomic mass is 32.1. The minimum absolute atomic E-state index is 0.162. The second-order valence-corrected chi connectivity index (χ2v) is 7.40. The summed E-state index contributed by atoms with van der Waals surface area (Å²) in [5.74, 6) is -1.06. The van der Waals surface area contributed by atoms with Crippen LogP contribution in [0.1, 0.15) is 15.2 Å². The second kappa shape index (κ2) is 9.43. The van der Waals surface area contributed by atoms with Gasteiger partial charge in [0, 0.05) is 18.8 Å². The second-order valence-electron chi connectivity index (χ2n) is 6.45. The van der Waals surface area contributed by atoms with E-state index in [0.717, 1.165) is 12.1 Å². The van der Waals surface area contributed by atoms with E-state index in [2.05, 4.69) is 10.3 Å². The molecule has 1 saturated heterocycles. The molecule has 28 heavy (non-hydrogen) atoms. The van der Waals surface area contributed by atoms with Gasteiger partial charge in [0.25, 0.3) is 5.91 Å². The van der Waals surface area contributed by atoms with Crippen LogP contribution < -0.4 is 10.6 Å². The van der Waals surface area contributed by atoms with Crippen LogP contribution in [0.3, 0.4) is 0 Å². The highest BCUT2D eigenvalue weighted by Gasteiger charge is 2.37. The largest absolute Gasteiger partial charge is 0.467 e. The summed E-state index contributed by atoms with van der Waals surface area (Å²) in [5, 5.41) is 6.59. The first-order chi connectivity index (χ1) is 13.6. The van der Waals surface area contributed by atoms with Crippen LogP contribution in [0.2, 0.25) is 0 Å². The number of amides is 2. The maximum absolute atomic E-state index is 13.0. The van der Waals surface area contributed by atoms with Crippen molar-refractivity contribution in [2.45, 2.75) is 18.5 Å². The van der Waals surface area contributed by atoms with E-state index in [1.807, 2.05) is 22.8 Å². The number of hydrogen-bond acceptors (Lipinski definition) is 6. The Morgan fingerprint density at radius 3 is 2.93 bits per heavy atom. The van der Waals surface area contributed by atoms with E-state index in [4.69, 9.17) is 4.74 Å². The van der Waals surface area contributed by atoms with Crippen molar-refractivity contribution in [2.24, 2.45) is 0 Å². The van der Waals surface area contributed by atoms with Crippen molar-refractivity contribution >= 4 is 29.1 Å². The lowest BCUT2D eigenvalue weighted by atomic mass is 10.1. The van der Waals surface area contributed by atoms with E-state index in [9.17, 15) is 14.4 Å². The summed E-state index contributed by atoms with van der Waals surface area (Å²) in [5.41, 5.74) is 0.805. The zero-order chi connectivity index (χ0) is 19.9. The first-order valence-corrected chi connectivity index (χ1v) is 9.91. The minimum Gasteiger partial charge on any atom is -0.467 e. The summed E-state index contributed by atoms with van der Waals surface area (Å²) in [7, 11) is 1.28. The number of aromatic nitrogens is 1. The first-order valence-electron chi connectivity index (χ1n) is 9.03. The van der Waals surface area contributed by atoms with Crippen LogP contribution in [-0.2, 0) is 20.7 Å². The zero-order valence-electron chi connectivity index (χ0n) is 15.5. The Morgan fingerprint density at radius 2 is 2.25 bits per heavy atom. The summed E-state index contributed by atoms with van der Waals surface area (Å²) < 4.78 is 4.85. The number of hydrogen-bond donors (Lipinski definition) is 2. The lowest BCUT2D eigenvalue weighted by Crippen LogP contribution is -2.93. The van der Waals surface area contributed by atoms with Crippen molar-refractivity contribution in [3.05, 3.63) is 52.5 Å². The third-order valence-corrected chi connectivity index (χ3v) is 5.46. The number of quaternary nitrogens is 1. The summed E-state index contributed by atoms with van der Waals surface area (Å²) in [6, 6.07) is 5.66. The molecule has 0 aromatic carbocycles. The molecule has 2 aromatic rings. The summed E-state index contributed by atoms with van der Waals surface area (Å²) in [6.07, 6.45) is 3.55. The third kappa shape index (κ3) is 4.73. The van der Waals surface area contributed by atoms with Gasteiger partial charge in [0.1, 0.15) is 12.6 Å². The lowest BCUT2D eigenvalue weighted by molar-refractivity contribution is -0.665. The van der Waals surface area contributed by atoms with Crippen molar-refractivity contribution in [2.75, 3.05) is 26.7 Å². The van der Waals surface area contributed by atoms with E-state index < -0.39 is 18.1 Å². The summed E-state index contributed by atoms with van der Waals surface area (Å²) in [4.78, 5) is 44.2. The molecule has 0 aliphatic carbocycles. The van der Waals surface area contributed by atoms with Gasteiger partial charge in [-0.05, 0) is 23.1 Å². The Morgan fingerprint density at radius 1 is 1.39 bits per heavy atom. The SMILES string of the molecule is COC(=O)[C@@H](Cc1cccnc1)NC(=O)[C@@H]1C[NH2+]CCN1C(=O)c1cccs1. The average Bonchev–Trinajstić information content (AvgIpc) is 3.27. The average molecular weight is 403 g/mol. The number of nitrogens with one attached hydrogen (secondary N) is 1. The Bertz CT molecular complexity index is 813. The van der Waals surface area contributed by atoms with Crippen molar-refractivity contribution in [3.63, 3.8) is 0 Å². The molecule has 3 N–H and O–H groups in total. The van der Waals surface area contributed by atoms with Gasteiger partial charge in [-0.2, -0.15) is 0 Å². The van der Waals surface area contributed by atoms with Crippen molar-refractivity contribution in [1.29, 1.82) is 0 Å². The molecule has 3 rings (SSSR count). The van der Waals surface area contributed by atoms with Crippen LogP contribution in [-0.4, -0.2) is 66.5 Å². The minimum atomic E-state index is -0.845. The monoisotopic (exact) mass is 403 g/mol. The molecule has 0 saturated carbocycles. The molecule has 2 aromatic heterocycles. The Hall–Kier alpha value is -2.78. The summed E-state index contributed by atoms with van der Waals surface area (Å²) in [6.45, 7) is 1.65. The van der Waals surface area contributed by atoms with E-state index in [1.54, 1.807) is 29.4 Å². The molecule has 1 fully saturated rings.